The molecule has 0 spiro atoms. The van der Waals surface area contributed by atoms with Gasteiger partial charge in [-0.2, -0.15) is 5.26 Å². The van der Waals surface area contributed by atoms with Gasteiger partial charge in [0.1, 0.15) is 6.07 Å². The van der Waals surface area contributed by atoms with Crippen molar-refractivity contribution in [1.29, 1.82) is 5.26 Å². The van der Waals surface area contributed by atoms with Crippen LogP contribution in [0, 0.1) is 11.3 Å². The second-order valence-corrected chi connectivity index (χ2v) is 7.51. The molecule has 0 fully saturated rings. The molecule has 0 saturated heterocycles. The van der Waals surface area contributed by atoms with Crippen molar-refractivity contribution in [3.05, 3.63) is 84.6 Å². The molecule has 0 bridgehead atoms. The van der Waals surface area contributed by atoms with Crippen LogP contribution in [0.3, 0.4) is 0 Å². The highest BCUT2D eigenvalue weighted by Gasteiger charge is 2.15. The van der Waals surface area contributed by atoms with Crippen LogP contribution in [0.25, 0.3) is 16.9 Å². The fourth-order valence-corrected chi connectivity index (χ4v) is 3.06. The molecular formula is C23H21N7. The maximum absolute atomic E-state index is 9.49. The Balaban J connectivity index is 1.61. The minimum absolute atomic E-state index is 0.413. The maximum Gasteiger partial charge on any atom is 0.227 e. The second-order valence-electron chi connectivity index (χ2n) is 7.51. The van der Waals surface area contributed by atoms with Crippen molar-refractivity contribution >= 4 is 11.6 Å². The molecule has 2 heterocycles. The highest BCUT2D eigenvalue weighted by Crippen LogP contribution is 2.26. The first-order chi connectivity index (χ1) is 14.4. The van der Waals surface area contributed by atoms with Gasteiger partial charge in [-0.1, -0.05) is 24.3 Å². The molecule has 0 unspecified atom stereocenters. The fourth-order valence-electron chi connectivity index (χ4n) is 3.06. The Labute approximate surface area is 174 Å². The highest BCUT2D eigenvalue weighted by molar-refractivity contribution is 5.68. The molecule has 0 aliphatic rings. The van der Waals surface area contributed by atoms with E-state index in [2.05, 4.69) is 26.3 Å². The lowest BCUT2D eigenvalue weighted by Gasteiger charge is -2.19. The van der Waals surface area contributed by atoms with E-state index in [9.17, 15) is 5.26 Å². The molecule has 0 aliphatic carbocycles. The van der Waals surface area contributed by atoms with Crippen molar-refractivity contribution in [2.45, 2.75) is 19.4 Å². The molecule has 0 aliphatic heterocycles. The first-order valence-electron chi connectivity index (χ1n) is 9.46. The van der Waals surface area contributed by atoms with Crippen LogP contribution in [0.4, 0.5) is 11.6 Å². The summed E-state index contributed by atoms with van der Waals surface area (Å²) in [6.07, 6.45) is 6.90. The number of benzene rings is 2. The third-order valence-corrected chi connectivity index (χ3v) is 4.74. The summed E-state index contributed by atoms with van der Waals surface area (Å²) >= 11 is 0. The first kappa shape index (κ1) is 19.3. The highest BCUT2D eigenvalue weighted by atomic mass is 15.1. The van der Waals surface area contributed by atoms with Crippen molar-refractivity contribution in [3.63, 3.8) is 0 Å². The molecule has 4 aromatic rings. The summed E-state index contributed by atoms with van der Waals surface area (Å²) in [4.78, 5) is 12.9. The van der Waals surface area contributed by atoms with Crippen molar-refractivity contribution < 1.29 is 0 Å². The lowest BCUT2D eigenvalue weighted by atomic mass is 9.94. The number of rotatable bonds is 5. The SMILES string of the molecule is CC(C)(N)c1ccc(-c2nc(Nc3ccc(-n4ccnc4)cc3)ncc2C#N)cc1. The predicted octanol–water partition coefficient (Wildman–Crippen LogP) is 4.14. The largest absolute Gasteiger partial charge is 0.324 e. The average molecular weight is 395 g/mol. The van der Waals surface area contributed by atoms with E-state index < -0.39 is 5.54 Å². The average Bonchev–Trinajstić information content (AvgIpc) is 3.29. The minimum Gasteiger partial charge on any atom is -0.324 e. The van der Waals surface area contributed by atoms with Gasteiger partial charge in [0.15, 0.2) is 0 Å². The van der Waals surface area contributed by atoms with Gasteiger partial charge in [-0.25, -0.2) is 15.0 Å². The Kier molecular flexibility index (Phi) is 5.00. The minimum atomic E-state index is -0.433. The third kappa shape index (κ3) is 4.04. The number of hydrogen-bond acceptors (Lipinski definition) is 6. The summed E-state index contributed by atoms with van der Waals surface area (Å²) in [7, 11) is 0. The quantitative estimate of drug-likeness (QED) is 0.526. The van der Waals surface area contributed by atoms with E-state index in [1.807, 2.05) is 73.1 Å². The number of anilines is 2. The molecule has 0 amide bonds. The molecule has 0 radical (unpaired) electrons. The summed E-state index contributed by atoms with van der Waals surface area (Å²) in [6, 6.07) is 17.8. The fraction of sp³-hybridized carbons (Fsp3) is 0.130. The lowest BCUT2D eigenvalue weighted by Crippen LogP contribution is -2.28. The van der Waals surface area contributed by atoms with E-state index in [1.54, 1.807) is 12.5 Å². The van der Waals surface area contributed by atoms with Gasteiger partial charge in [0, 0.05) is 34.9 Å². The normalized spacial score (nSPS) is 11.1. The van der Waals surface area contributed by atoms with Crippen LogP contribution in [-0.4, -0.2) is 19.5 Å². The van der Waals surface area contributed by atoms with Gasteiger partial charge in [0.25, 0.3) is 0 Å². The van der Waals surface area contributed by atoms with Crippen LogP contribution in [0.15, 0.2) is 73.4 Å². The predicted molar refractivity (Wildman–Crippen MR) is 116 cm³/mol. The summed E-state index contributed by atoms with van der Waals surface area (Å²) < 4.78 is 1.92. The van der Waals surface area contributed by atoms with Crippen molar-refractivity contribution in [2.24, 2.45) is 5.73 Å². The number of nitrogens with two attached hydrogens (primary N) is 1. The van der Waals surface area contributed by atoms with Gasteiger partial charge in [0.2, 0.25) is 5.95 Å². The number of hydrogen-bond donors (Lipinski definition) is 2. The van der Waals surface area contributed by atoms with Crippen LogP contribution in [0.5, 0.6) is 0 Å². The van der Waals surface area contributed by atoms with Crippen LogP contribution >= 0.6 is 0 Å². The van der Waals surface area contributed by atoms with E-state index in [1.165, 1.54) is 6.20 Å². The summed E-state index contributed by atoms with van der Waals surface area (Å²) in [5.41, 5.74) is 10.4. The zero-order chi connectivity index (χ0) is 21.1. The Bertz CT molecular complexity index is 1180. The smallest absolute Gasteiger partial charge is 0.227 e. The monoisotopic (exact) mass is 395 g/mol. The topological polar surface area (TPSA) is 105 Å². The number of nitrogens with one attached hydrogen (secondary N) is 1. The molecule has 0 atom stereocenters. The van der Waals surface area contributed by atoms with Crippen molar-refractivity contribution in [3.8, 4) is 23.0 Å². The van der Waals surface area contributed by atoms with Crippen molar-refractivity contribution in [2.75, 3.05) is 5.32 Å². The Hall–Kier alpha value is -4.02. The van der Waals surface area contributed by atoms with Crippen LogP contribution < -0.4 is 11.1 Å². The molecule has 30 heavy (non-hydrogen) atoms. The van der Waals surface area contributed by atoms with Gasteiger partial charge in [-0.05, 0) is 43.7 Å². The molecule has 4 rings (SSSR count). The lowest BCUT2D eigenvalue weighted by molar-refractivity contribution is 0.554. The molecule has 7 nitrogen and oxygen atoms in total. The molecule has 7 heteroatoms. The Morgan fingerprint density at radius 2 is 1.80 bits per heavy atom. The second kappa shape index (κ2) is 7.78. The maximum atomic E-state index is 9.49. The van der Waals surface area contributed by atoms with Crippen LogP contribution in [0.1, 0.15) is 25.0 Å². The standard InChI is InChI=1S/C23H21N7/c1-23(2,25)18-5-3-16(4-6-18)21-17(13-24)14-27-22(29-21)28-19-7-9-20(10-8-19)30-12-11-26-15-30/h3-12,14-15H,25H2,1-2H3,(H,27,28,29). The van der Waals surface area contributed by atoms with E-state index in [4.69, 9.17) is 5.73 Å². The first-order valence-corrected chi connectivity index (χ1v) is 9.46. The number of nitrogens with zero attached hydrogens (tertiary/aromatic N) is 5. The van der Waals surface area contributed by atoms with Gasteiger partial charge >= 0.3 is 0 Å². The van der Waals surface area contributed by atoms with Crippen molar-refractivity contribution in [1.82, 2.24) is 19.5 Å². The van der Waals surface area contributed by atoms with E-state index in [0.717, 1.165) is 22.5 Å². The number of aromatic nitrogens is 4. The summed E-state index contributed by atoms with van der Waals surface area (Å²) in [5, 5.41) is 12.7. The summed E-state index contributed by atoms with van der Waals surface area (Å²) in [5.74, 6) is 0.419. The van der Waals surface area contributed by atoms with E-state index in [0.29, 0.717) is 17.2 Å². The van der Waals surface area contributed by atoms with E-state index in [-0.39, 0.29) is 0 Å². The van der Waals surface area contributed by atoms with Gasteiger partial charge in [-0.3, -0.25) is 0 Å². The third-order valence-electron chi connectivity index (χ3n) is 4.74. The molecule has 2 aromatic carbocycles. The molecular weight excluding hydrogens is 374 g/mol. The van der Waals surface area contributed by atoms with E-state index >= 15 is 0 Å². The molecule has 3 N–H and O–H groups in total. The number of nitriles is 1. The zero-order valence-corrected chi connectivity index (χ0v) is 16.7. The van der Waals surface area contributed by atoms with Gasteiger partial charge in [0.05, 0.1) is 23.8 Å². The molecule has 148 valence electrons. The Morgan fingerprint density at radius 3 is 2.40 bits per heavy atom. The zero-order valence-electron chi connectivity index (χ0n) is 16.7. The Morgan fingerprint density at radius 1 is 1.07 bits per heavy atom. The summed E-state index contributed by atoms with van der Waals surface area (Å²) in [6.45, 7) is 3.90. The van der Waals surface area contributed by atoms with Gasteiger partial charge in [-0.15, -0.1) is 0 Å². The molecule has 2 aromatic heterocycles. The molecule has 0 saturated carbocycles. The van der Waals surface area contributed by atoms with Crippen LogP contribution in [-0.2, 0) is 5.54 Å². The van der Waals surface area contributed by atoms with Crippen LogP contribution in [0.2, 0.25) is 0 Å². The number of imidazole rings is 1. The van der Waals surface area contributed by atoms with Gasteiger partial charge < -0.3 is 15.6 Å².